The van der Waals surface area contributed by atoms with Crippen molar-refractivity contribution in [1.82, 2.24) is 10.2 Å². The van der Waals surface area contributed by atoms with Crippen molar-refractivity contribution in [3.8, 4) is 6.07 Å². The van der Waals surface area contributed by atoms with Crippen LogP contribution < -0.4 is 5.32 Å². The van der Waals surface area contributed by atoms with Crippen LogP contribution in [0.3, 0.4) is 0 Å². The van der Waals surface area contributed by atoms with Crippen molar-refractivity contribution >= 4 is 11.7 Å². The molecule has 90 valence electrons. The Kier molecular flexibility index (Phi) is 2.28. The standard InChI is InChI=1S/C12H16N4O/c1-11(2)8(12(11,3)4)10(17)15-9-7(5-13)6-14-16-9/h6,8H,1-4H3,(H2,14,15,16,17). The molecule has 1 amide bonds. The molecule has 0 saturated heterocycles. The lowest BCUT2D eigenvalue weighted by Crippen LogP contribution is -2.18. The maximum absolute atomic E-state index is 12.1. The van der Waals surface area contributed by atoms with Crippen molar-refractivity contribution in [3.05, 3.63) is 11.8 Å². The molecular formula is C12H16N4O. The quantitative estimate of drug-likeness (QED) is 0.817. The zero-order valence-corrected chi connectivity index (χ0v) is 10.5. The third-order valence-electron chi connectivity index (χ3n) is 4.29. The summed E-state index contributed by atoms with van der Waals surface area (Å²) in [4.78, 5) is 12.1. The maximum atomic E-state index is 12.1. The summed E-state index contributed by atoms with van der Waals surface area (Å²) in [5.74, 6) is 0.293. The second-order valence-corrected chi connectivity index (χ2v) is 5.64. The molecule has 5 nitrogen and oxygen atoms in total. The molecule has 0 atom stereocenters. The third kappa shape index (κ3) is 1.52. The Balaban J connectivity index is 2.13. The number of carbonyl (C=O) groups is 1. The van der Waals surface area contributed by atoms with Crippen molar-refractivity contribution in [2.75, 3.05) is 5.32 Å². The van der Waals surface area contributed by atoms with Gasteiger partial charge in [0.25, 0.3) is 0 Å². The van der Waals surface area contributed by atoms with Gasteiger partial charge in [0.2, 0.25) is 5.91 Å². The SMILES string of the molecule is CC1(C)C(C(=O)Nc2[nH]ncc2C#N)C1(C)C. The molecule has 2 rings (SSSR count). The topological polar surface area (TPSA) is 81.6 Å². The Morgan fingerprint density at radius 1 is 1.47 bits per heavy atom. The van der Waals surface area contributed by atoms with Crippen LogP contribution in [0.25, 0.3) is 0 Å². The molecule has 0 aromatic carbocycles. The Bertz CT molecular complexity index is 493. The Labute approximate surface area is 100 Å². The van der Waals surface area contributed by atoms with E-state index in [4.69, 9.17) is 5.26 Å². The van der Waals surface area contributed by atoms with Crippen molar-refractivity contribution in [1.29, 1.82) is 5.26 Å². The molecule has 1 aromatic heterocycles. The van der Waals surface area contributed by atoms with Crippen LogP contribution in [0.2, 0.25) is 0 Å². The lowest BCUT2D eigenvalue weighted by atomic mass is 10.0. The summed E-state index contributed by atoms with van der Waals surface area (Å²) in [6.45, 7) is 8.32. The Hall–Kier alpha value is -1.83. The number of aromatic amines is 1. The number of H-pyrrole nitrogens is 1. The van der Waals surface area contributed by atoms with Crippen molar-refractivity contribution < 1.29 is 4.79 Å². The van der Waals surface area contributed by atoms with Gasteiger partial charge in [0, 0.05) is 5.92 Å². The predicted octanol–water partition coefficient (Wildman–Crippen LogP) is 1.90. The lowest BCUT2D eigenvalue weighted by molar-refractivity contribution is -0.118. The van der Waals surface area contributed by atoms with Gasteiger partial charge in [-0.3, -0.25) is 9.89 Å². The van der Waals surface area contributed by atoms with E-state index in [1.54, 1.807) is 0 Å². The molecule has 17 heavy (non-hydrogen) atoms. The molecular weight excluding hydrogens is 216 g/mol. The van der Waals surface area contributed by atoms with E-state index in [-0.39, 0.29) is 22.7 Å². The average molecular weight is 232 g/mol. The zero-order chi connectivity index (χ0) is 12.8. The van der Waals surface area contributed by atoms with Crippen LogP contribution in [-0.4, -0.2) is 16.1 Å². The number of nitriles is 1. The van der Waals surface area contributed by atoms with Crippen LogP contribution in [0.1, 0.15) is 33.3 Å². The number of carbonyl (C=O) groups excluding carboxylic acids is 1. The number of hydrogen-bond acceptors (Lipinski definition) is 3. The smallest absolute Gasteiger partial charge is 0.229 e. The minimum absolute atomic E-state index is 0.0100. The highest BCUT2D eigenvalue weighted by atomic mass is 16.2. The van der Waals surface area contributed by atoms with Crippen LogP contribution in [0.15, 0.2) is 6.20 Å². The predicted molar refractivity (Wildman–Crippen MR) is 63.0 cm³/mol. The van der Waals surface area contributed by atoms with E-state index >= 15 is 0 Å². The summed E-state index contributed by atoms with van der Waals surface area (Å²) in [5.41, 5.74) is 0.336. The van der Waals surface area contributed by atoms with Crippen LogP contribution in [0, 0.1) is 28.1 Å². The van der Waals surface area contributed by atoms with E-state index in [9.17, 15) is 4.79 Å². The van der Waals surface area contributed by atoms with Gasteiger partial charge < -0.3 is 5.32 Å². The molecule has 5 heteroatoms. The number of aromatic nitrogens is 2. The van der Waals surface area contributed by atoms with Crippen molar-refractivity contribution in [2.24, 2.45) is 16.7 Å². The summed E-state index contributed by atoms with van der Waals surface area (Å²) in [6, 6.07) is 1.97. The molecule has 1 saturated carbocycles. The van der Waals surface area contributed by atoms with Gasteiger partial charge in [0.05, 0.1) is 6.20 Å². The van der Waals surface area contributed by atoms with Gasteiger partial charge in [-0.15, -0.1) is 0 Å². The van der Waals surface area contributed by atoms with Gasteiger partial charge in [0.1, 0.15) is 17.5 Å². The first-order chi connectivity index (χ1) is 7.82. The largest absolute Gasteiger partial charge is 0.310 e. The van der Waals surface area contributed by atoms with Crippen LogP contribution in [0.5, 0.6) is 0 Å². The normalized spacial score (nSPS) is 20.6. The first-order valence-electron chi connectivity index (χ1n) is 5.56. The molecule has 0 unspecified atom stereocenters. The molecule has 1 fully saturated rings. The maximum Gasteiger partial charge on any atom is 0.229 e. The number of hydrogen-bond donors (Lipinski definition) is 2. The highest BCUT2D eigenvalue weighted by Gasteiger charge is 2.68. The number of nitrogens with zero attached hydrogens (tertiary/aromatic N) is 2. The fourth-order valence-electron chi connectivity index (χ4n) is 2.51. The van der Waals surface area contributed by atoms with Gasteiger partial charge in [-0.05, 0) is 10.8 Å². The molecule has 1 aromatic rings. The van der Waals surface area contributed by atoms with E-state index in [1.807, 2.05) is 6.07 Å². The van der Waals surface area contributed by atoms with Gasteiger partial charge in [0.15, 0.2) is 0 Å². The summed E-state index contributed by atoms with van der Waals surface area (Å²) in [6.07, 6.45) is 1.40. The summed E-state index contributed by atoms with van der Waals surface area (Å²) in [7, 11) is 0. The van der Waals surface area contributed by atoms with E-state index in [0.29, 0.717) is 11.4 Å². The minimum atomic E-state index is -0.0549. The summed E-state index contributed by atoms with van der Waals surface area (Å²) < 4.78 is 0. The molecule has 1 heterocycles. The average Bonchev–Trinajstić information content (AvgIpc) is 2.57. The Morgan fingerprint density at radius 3 is 2.53 bits per heavy atom. The second-order valence-electron chi connectivity index (χ2n) is 5.64. The monoisotopic (exact) mass is 232 g/mol. The molecule has 1 aliphatic rings. The van der Waals surface area contributed by atoms with E-state index in [2.05, 4.69) is 43.2 Å². The molecule has 0 radical (unpaired) electrons. The number of amides is 1. The minimum Gasteiger partial charge on any atom is -0.310 e. The van der Waals surface area contributed by atoms with Crippen LogP contribution in [-0.2, 0) is 4.79 Å². The molecule has 1 aliphatic carbocycles. The molecule has 0 aliphatic heterocycles. The molecule has 0 spiro atoms. The van der Waals surface area contributed by atoms with Gasteiger partial charge in [-0.25, -0.2) is 0 Å². The highest BCUT2D eigenvalue weighted by molar-refractivity contribution is 5.96. The highest BCUT2D eigenvalue weighted by Crippen LogP contribution is 2.68. The number of nitrogens with one attached hydrogen (secondary N) is 2. The van der Waals surface area contributed by atoms with Crippen LogP contribution in [0.4, 0.5) is 5.82 Å². The fraction of sp³-hybridized carbons (Fsp3) is 0.583. The van der Waals surface area contributed by atoms with Crippen molar-refractivity contribution in [2.45, 2.75) is 27.7 Å². The van der Waals surface area contributed by atoms with Gasteiger partial charge >= 0.3 is 0 Å². The van der Waals surface area contributed by atoms with Crippen molar-refractivity contribution in [3.63, 3.8) is 0 Å². The number of anilines is 1. The van der Waals surface area contributed by atoms with Crippen LogP contribution >= 0.6 is 0 Å². The number of rotatable bonds is 2. The Morgan fingerprint density at radius 2 is 2.06 bits per heavy atom. The fourth-order valence-corrected chi connectivity index (χ4v) is 2.51. The summed E-state index contributed by atoms with van der Waals surface area (Å²) >= 11 is 0. The van der Waals surface area contributed by atoms with E-state index in [1.165, 1.54) is 6.20 Å². The first-order valence-corrected chi connectivity index (χ1v) is 5.56. The molecule has 2 N–H and O–H groups in total. The van der Waals surface area contributed by atoms with Gasteiger partial charge in [-0.1, -0.05) is 27.7 Å². The van der Waals surface area contributed by atoms with E-state index in [0.717, 1.165) is 0 Å². The second kappa shape index (κ2) is 3.33. The van der Waals surface area contributed by atoms with E-state index < -0.39 is 0 Å². The van der Waals surface area contributed by atoms with Gasteiger partial charge in [-0.2, -0.15) is 10.4 Å². The third-order valence-corrected chi connectivity index (χ3v) is 4.29. The lowest BCUT2D eigenvalue weighted by Gasteiger charge is -2.03. The summed E-state index contributed by atoms with van der Waals surface area (Å²) in [5, 5.41) is 17.9. The first kappa shape index (κ1) is 11.6. The molecule has 0 bridgehead atoms. The zero-order valence-electron chi connectivity index (χ0n) is 10.5.